The van der Waals surface area contributed by atoms with Gasteiger partial charge in [-0.15, -0.1) is 0 Å². The van der Waals surface area contributed by atoms with Gasteiger partial charge in [-0.05, 0) is 23.8 Å². The second-order valence-electron chi connectivity index (χ2n) is 3.28. The average Bonchev–Trinajstić information content (AvgIpc) is 2.24. The smallest absolute Gasteiger partial charge is 0.341 e. The summed E-state index contributed by atoms with van der Waals surface area (Å²) in [6.07, 6.45) is -4.61. The molecular weight excluding hydrogens is 240 g/mol. The Bertz CT molecular complexity index is 417. The molecule has 0 radical (unpaired) electrons. The number of nitrogens with one attached hydrogen (secondary N) is 2. The summed E-state index contributed by atoms with van der Waals surface area (Å²) in [7, 11) is 1.36. The summed E-state index contributed by atoms with van der Waals surface area (Å²) in [6, 6.07) is 1.58. The molecular formula is C10H10F4N2O. The topological polar surface area (TPSA) is 41.1 Å². The minimum absolute atomic E-state index is 0.0425. The fourth-order valence-corrected chi connectivity index (χ4v) is 1.19. The van der Waals surface area contributed by atoms with E-state index in [1.54, 1.807) is 0 Å². The van der Waals surface area contributed by atoms with Gasteiger partial charge in [0.25, 0.3) is 0 Å². The van der Waals surface area contributed by atoms with Crippen molar-refractivity contribution >= 4 is 6.03 Å². The molecule has 0 heterocycles. The highest BCUT2D eigenvalue weighted by Gasteiger charge is 2.31. The highest BCUT2D eigenvalue weighted by atomic mass is 19.4. The normalized spacial score (nSPS) is 11.1. The van der Waals surface area contributed by atoms with Crippen molar-refractivity contribution in [3.63, 3.8) is 0 Å². The predicted molar refractivity (Wildman–Crippen MR) is 52.7 cm³/mol. The minimum atomic E-state index is -4.61. The predicted octanol–water partition coefficient (Wildman–Crippen LogP) is 2.27. The molecule has 0 aliphatic carbocycles. The number of halogens is 4. The highest BCUT2D eigenvalue weighted by molar-refractivity contribution is 5.73. The lowest BCUT2D eigenvalue weighted by atomic mass is 10.1. The van der Waals surface area contributed by atoms with Crippen molar-refractivity contribution in [2.24, 2.45) is 0 Å². The van der Waals surface area contributed by atoms with Gasteiger partial charge in [-0.25, -0.2) is 9.18 Å². The van der Waals surface area contributed by atoms with Gasteiger partial charge in [-0.3, -0.25) is 0 Å². The average molecular weight is 250 g/mol. The van der Waals surface area contributed by atoms with E-state index in [0.717, 1.165) is 12.1 Å². The van der Waals surface area contributed by atoms with Crippen LogP contribution in [0.3, 0.4) is 0 Å². The van der Waals surface area contributed by atoms with Gasteiger partial charge in [0.2, 0.25) is 0 Å². The summed E-state index contributed by atoms with van der Waals surface area (Å²) < 4.78 is 50.0. The number of rotatable bonds is 2. The van der Waals surface area contributed by atoms with Crippen LogP contribution >= 0.6 is 0 Å². The molecule has 1 aromatic carbocycles. The summed E-state index contributed by atoms with van der Waals surface area (Å²) in [5, 5.41) is 4.50. The van der Waals surface area contributed by atoms with Crippen LogP contribution in [0.1, 0.15) is 11.1 Å². The molecule has 7 heteroatoms. The second-order valence-corrected chi connectivity index (χ2v) is 3.28. The fraction of sp³-hybridized carbons (Fsp3) is 0.300. The largest absolute Gasteiger partial charge is 0.416 e. The summed E-state index contributed by atoms with van der Waals surface area (Å²) >= 11 is 0. The molecule has 0 aromatic heterocycles. The van der Waals surface area contributed by atoms with Crippen LogP contribution in [0.2, 0.25) is 0 Å². The van der Waals surface area contributed by atoms with E-state index in [4.69, 9.17) is 0 Å². The first-order valence-electron chi connectivity index (χ1n) is 4.65. The van der Waals surface area contributed by atoms with E-state index >= 15 is 0 Å². The number of urea groups is 1. The maximum Gasteiger partial charge on any atom is 0.416 e. The van der Waals surface area contributed by atoms with Gasteiger partial charge in [-0.2, -0.15) is 13.2 Å². The van der Waals surface area contributed by atoms with E-state index in [9.17, 15) is 22.4 Å². The molecule has 0 saturated carbocycles. The SMILES string of the molecule is CNC(=O)NCc1cc(F)cc(C(F)(F)F)c1. The highest BCUT2D eigenvalue weighted by Crippen LogP contribution is 2.30. The summed E-state index contributed by atoms with van der Waals surface area (Å²) in [6.45, 7) is -0.180. The standard InChI is InChI=1S/C10H10F4N2O/c1-15-9(17)16-5-6-2-7(10(12,13)14)4-8(11)3-6/h2-4H,5H2,1H3,(H2,15,16,17). The van der Waals surface area contributed by atoms with Crippen LogP contribution in [0.25, 0.3) is 0 Å². The van der Waals surface area contributed by atoms with E-state index in [2.05, 4.69) is 10.6 Å². The van der Waals surface area contributed by atoms with Crippen molar-refractivity contribution in [2.75, 3.05) is 7.05 Å². The van der Waals surface area contributed by atoms with Crippen molar-refractivity contribution < 1.29 is 22.4 Å². The summed E-state index contributed by atoms with van der Waals surface area (Å²) in [5.41, 5.74) is -1.04. The Labute approximate surface area is 94.8 Å². The molecule has 1 rings (SSSR count). The Morgan fingerprint density at radius 3 is 2.47 bits per heavy atom. The van der Waals surface area contributed by atoms with Gasteiger partial charge in [0.15, 0.2) is 0 Å². The zero-order valence-corrected chi connectivity index (χ0v) is 8.86. The Morgan fingerprint density at radius 2 is 1.94 bits per heavy atom. The van der Waals surface area contributed by atoms with Crippen LogP contribution in [-0.2, 0) is 12.7 Å². The molecule has 0 bridgehead atoms. The molecule has 2 amide bonds. The first-order valence-corrected chi connectivity index (χ1v) is 4.65. The van der Waals surface area contributed by atoms with E-state index in [1.807, 2.05) is 0 Å². The summed E-state index contributed by atoms with van der Waals surface area (Å²) in [4.78, 5) is 10.8. The van der Waals surface area contributed by atoms with Gasteiger partial charge in [0.1, 0.15) is 5.82 Å². The first kappa shape index (κ1) is 13.3. The van der Waals surface area contributed by atoms with Gasteiger partial charge >= 0.3 is 12.2 Å². The van der Waals surface area contributed by atoms with Crippen molar-refractivity contribution in [1.82, 2.24) is 10.6 Å². The van der Waals surface area contributed by atoms with Crippen LogP contribution in [0.5, 0.6) is 0 Å². The third-order valence-electron chi connectivity index (χ3n) is 1.97. The van der Waals surface area contributed by atoms with Gasteiger partial charge in [-0.1, -0.05) is 0 Å². The zero-order valence-electron chi connectivity index (χ0n) is 8.86. The van der Waals surface area contributed by atoms with Gasteiger partial charge in [0, 0.05) is 13.6 Å². The lowest BCUT2D eigenvalue weighted by Crippen LogP contribution is -2.32. The van der Waals surface area contributed by atoms with Crippen molar-refractivity contribution in [3.05, 3.63) is 35.1 Å². The van der Waals surface area contributed by atoms with Crippen LogP contribution in [-0.4, -0.2) is 13.1 Å². The van der Waals surface area contributed by atoms with Crippen molar-refractivity contribution in [2.45, 2.75) is 12.7 Å². The first-order chi connectivity index (χ1) is 7.82. The molecule has 0 aliphatic heterocycles. The molecule has 0 aliphatic rings. The molecule has 17 heavy (non-hydrogen) atoms. The third-order valence-corrected chi connectivity index (χ3v) is 1.97. The molecule has 0 unspecified atom stereocenters. The van der Waals surface area contributed by atoms with E-state index in [1.165, 1.54) is 7.05 Å². The monoisotopic (exact) mass is 250 g/mol. The van der Waals surface area contributed by atoms with E-state index in [-0.39, 0.29) is 12.1 Å². The van der Waals surface area contributed by atoms with Crippen LogP contribution < -0.4 is 10.6 Å². The number of hydrogen-bond acceptors (Lipinski definition) is 1. The summed E-state index contributed by atoms with van der Waals surface area (Å²) in [5.74, 6) is -0.992. The molecule has 2 N–H and O–H groups in total. The number of carbonyl (C=O) groups is 1. The molecule has 0 spiro atoms. The second kappa shape index (κ2) is 5.03. The van der Waals surface area contributed by atoms with Crippen molar-refractivity contribution in [3.8, 4) is 0 Å². The fourth-order valence-electron chi connectivity index (χ4n) is 1.19. The molecule has 0 atom stereocenters. The van der Waals surface area contributed by atoms with Crippen LogP contribution in [0.15, 0.2) is 18.2 Å². The quantitative estimate of drug-likeness (QED) is 0.777. The number of benzene rings is 1. The third kappa shape index (κ3) is 3.93. The van der Waals surface area contributed by atoms with Crippen molar-refractivity contribution in [1.29, 1.82) is 0 Å². The van der Waals surface area contributed by atoms with Crippen LogP contribution in [0.4, 0.5) is 22.4 Å². The Morgan fingerprint density at radius 1 is 1.29 bits per heavy atom. The number of amides is 2. The number of alkyl halides is 3. The van der Waals surface area contributed by atoms with Gasteiger partial charge in [0.05, 0.1) is 5.56 Å². The number of hydrogen-bond donors (Lipinski definition) is 2. The van der Waals surface area contributed by atoms with E-state index in [0.29, 0.717) is 6.07 Å². The van der Waals surface area contributed by atoms with Gasteiger partial charge < -0.3 is 10.6 Å². The maximum atomic E-state index is 12.9. The Balaban J connectivity index is 2.87. The molecule has 0 fully saturated rings. The maximum absolute atomic E-state index is 12.9. The Kier molecular flexibility index (Phi) is 3.93. The Hall–Kier alpha value is -1.79. The van der Waals surface area contributed by atoms with Crippen LogP contribution in [0, 0.1) is 5.82 Å². The molecule has 94 valence electrons. The molecule has 1 aromatic rings. The zero-order chi connectivity index (χ0) is 13.1. The van der Waals surface area contributed by atoms with E-state index < -0.39 is 23.6 Å². The minimum Gasteiger partial charge on any atom is -0.341 e. The lowest BCUT2D eigenvalue weighted by Gasteiger charge is -2.10. The number of carbonyl (C=O) groups excluding carboxylic acids is 1. The molecule has 3 nitrogen and oxygen atoms in total. The lowest BCUT2D eigenvalue weighted by molar-refractivity contribution is -0.137. The molecule has 0 saturated heterocycles.